The standard InChI is InChI=1S/C19H19N3O4/c1-12-13(2)22-18(21-12)14-5-7-15(8-6-14)19(24)26-11-17(23)20-10-16-4-3-9-25-16/h3-9H,10-11H2,1-2H3,(H,20,23)(H,21,22). The summed E-state index contributed by atoms with van der Waals surface area (Å²) in [7, 11) is 0. The number of amides is 1. The molecule has 0 saturated carbocycles. The fraction of sp³-hybridized carbons (Fsp3) is 0.211. The van der Waals surface area contributed by atoms with Gasteiger partial charge in [0.25, 0.3) is 5.91 Å². The molecule has 0 fully saturated rings. The van der Waals surface area contributed by atoms with Crippen molar-refractivity contribution < 1.29 is 18.7 Å². The third-order valence-electron chi connectivity index (χ3n) is 3.90. The van der Waals surface area contributed by atoms with Gasteiger partial charge in [0.1, 0.15) is 11.6 Å². The van der Waals surface area contributed by atoms with E-state index in [0.717, 1.165) is 22.8 Å². The zero-order chi connectivity index (χ0) is 18.5. The highest BCUT2D eigenvalue weighted by Crippen LogP contribution is 2.18. The van der Waals surface area contributed by atoms with Crippen molar-refractivity contribution in [3.63, 3.8) is 0 Å². The van der Waals surface area contributed by atoms with Gasteiger partial charge in [0.2, 0.25) is 0 Å². The van der Waals surface area contributed by atoms with E-state index in [1.165, 1.54) is 6.26 Å². The molecule has 0 saturated heterocycles. The van der Waals surface area contributed by atoms with E-state index in [1.807, 2.05) is 13.8 Å². The molecule has 0 bridgehead atoms. The summed E-state index contributed by atoms with van der Waals surface area (Å²) in [5, 5.41) is 2.61. The van der Waals surface area contributed by atoms with Crippen molar-refractivity contribution >= 4 is 11.9 Å². The summed E-state index contributed by atoms with van der Waals surface area (Å²) in [5.41, 5.74) is 3.18. The number of ether oxygens (including phenoxy) is 1. The molecule has 0 radical (unpaired) electrons. The molecule has 3 aromatic rings. The van der Waals surface area contributed by atoms with Crippen LogP contribution in [0.15, 0.2) is 47.1 Å². The second-order valence-electron chi connectivity index (χ2n) is 5.81. The van der Waals surface area contributed by atoms with Gasteiger partial charge in [0, 0.05) is 11.3 Å². The SMILES string of the molecule is Cc1nc(-c2ccc(C(=O)OCC(=O)NCc3ccco3)cc2)[nH]c1C. The van der Waals surface area contributed by atoms with E-state index < -0.39 is 11.9 Å². The molecule has 0 aliphatic rings. The molecule has 3 rings (SSSR count). The Morgan fingerprint density at radius 3 is 2.58 bits per heavy atom. The Kier molecular flexibility index (Phi) is 5.17. The Balaban J connectivity index is 1.52. The first-order chi connectivity index (χ1) is 12.5. The van der Waals surface area contributed by atoms with Gasteiger partial charge in [-0.15, -0.1) is 0 Å². The maximum absolute atomic E-state index is 12.0. The predicted molar refractivity (Wildman–Crippen MR) is 94.3 cm³/mol. The van der Waals surface area contributed by atoms with Crippen molar-refractivity contribution in [1.82, 2.24) is 15.3 Å². The Labute approximate surface area is 150 Å². The molecule has 2 N–H and O–H groups in total. The molecule has 134 valence electrons. The Morgan fingerprint density at radius 1 is 1.19 bits per heavy atom. The first kappa shape index (κ1) is 17.5. The minimum absolute atomic E-state index is 0.250. The molecule has 0 aliphatic carbocycles. The van der Waals surface area contributed by atoms with E-state index in [2.05, 4.69) is 15.3 Å². The molecule has 26 heavy (non-hydrogen) atoms. The number of rotatable bonds is 6. The molecule has 7 heteroatoms. The van der Waals surface area contributed by atoms with Gasteiger partial charge >= 0.3 is 5.97 Å². The highest BCUT2D eigenvalue weighted by atomic mass is 16.5. The molecule has 0 spiro atoms. The van der Waals surface area contributed by atoms with Crippen molar-refractivity contribution in [2.45, 2.75) is 20.4 Å². The molecule has 1 amide bonds. The maximum Gasteiger partial charge on any atom is 0.338 e. The topological polar surface area (TPSA) is 97.2 Å². The molecule has 1 aromatic carbocycles. The summed E-state index contributed by atoms with van der Waals surface area (Å²) in [6.07, 6.45) is 1.52. The zero-order valence-corrected chi connectivity index (χ0v) is 14.5. The smallest absolute Gasteiger partial charge is 0.338 e. The van der Waals surface area contributed by atoms with Crippen LogP contribution in [0.25, 0.3) is 11.4 Å². The number of carbonyl (C=O) groups is 2. The first-order valence-corrected chi connectivity index (χ1v) is 8.13. The van der Waals surface area contributed by atoms with Crippen molar-refractivity contribution in [2.24, 2.45) is 0 Å². The lowest BCUT2D eigenvalue weighted by molar-refractivity contribution is -0.124. The van der Waals surface area contributed by atoms with Crippen LogP contribution in [0.1, 0.15) is 27.5 Å². The number of nitrogens with one attached hydrogen (secondary N) is 2. The first-order valence-electron chi connectivity index (χ1n) is 8.13. The van der Waals surface area contributed by atoms with Gasteiger partial charge < -0.3 is 19.5 Å². The number of carbonyl (C=O) groups excluding carboxylic acids is 2. The molecule has 0 unspecified atom stereocenters. The van der Waals surface area contributed by atoms with Crippen molar-refractivity contribution in [2.75, 3.05) is 6.61 Å². The Morgan fingerprint density at radius 2 is 1.96 bits per heavy atom. The quantitative estimate of drug-likeness (QED) is 0.664. The number of aromatic amines is 1. The number of benzene rings is 1. The van der Waals surface area contributed by atoms with Crippen LogP contribution in [-0.2, 0) is 16.1 Å². The Bertz CT molecular complexity index is 876. The van der Waals surface area contributed by atoms with Crippen molar-refractivity contribution in [1.29, 1.82) is 0 Å². The number of imidazole rings is 1. The van der Waals surface area contributed by atoms with Gasteiger partial charge in [-0.1, -0.05) is 12.1 Å². The zero-order valence-electron chi connectivity index (χ0n) is 14.5. The van der Waals surface area contributed by atoms with Crippen LogP contribution in [0.4, 0.5) is 0 Å². The number of aromatic nitrogens is 2. The molecule has 7 nitrogen and oxygen atoms in total. The molecular weight excluding hydrogens is 334 g/mol. The van der Waals surface area contributed by atoms with Crippen LogP contribution >= 0.6 is 0 Å². The average Bonchev–Trinajstić information content (AvgIpc) is 3.28. The van der Waals surface area contributed by atoms with E-state index in [-0.39, 0.29) is 13.2 Å². The van der Waals surface area contributed by atoms with Crippen LogP contribution in [0, 0.1) is 13.8 Å². The second-order valence-corrected chi connectivity index (χ2v) is 5.81. The molecular formula is C19H19N3O4. The minimum Gasteiger partial charge on any atom is -0.467 e. The van der Waals surface area contributed by atoms with Crippen LogP contribution in [-0.4, -0.2) is 28.5 Å². The fourth-order valence-corrected chi connectivity index (χ4v) is 2.31. The van der Waals surface area contributed by atoms with E-state index in [1.54, 1.807) is 36.4 Å². The van der Waals surface area contributed by atoms with Crippen LogP contribution < -0.4 is 5.32 Å². The van der Waals surface area contributed by atoms with Gasteiger partial charge in [-0.2, -0.15) is 0 Å². The number of nitrogens with zero attached hydrogens (tertiary/aromatic N) is 1. The third kappa shape index (κ3) is 4.18. The highest BCUT2D eigenvalue weighted by molar-refractivity contribution is 5.91. The molecule has 2 aromatic heterocycles. The Hall–Kier alpha value is -3.35. The number of H-pyrrole nitrogens is 1. The normalized spacial score (nSPS) is 10.5. The van der Waals surface area contributed by atoms with Crippen LogP contribution in [0.5, 0.6) is 0 Å². The lowest BCUT2D eigenvalue weighted by Gasteiger charge is -2.06. The largest absolute Gasteiger partial charge is 0.467 e. The monoisotopic (exact) mass is 353 g/mol. The van der Waals surface area contributed by atoms with Crippen LogP contribution in [0.3, 0.4) is 0 Å². The maximum atomic E-state index is 12.0. The van der Waals surface area contributed by atoms with E-state index in [0.29, 0.717) is 11.3 Å². The predicted octanol–water partition coefficient (Wildman–Crippen LogP) is 2.76. The highest BCUT2D eigenvalue weighted by Gasteiger charge is 2.12. The van der Waals surface area contributed by atoms with Gasteiger partial charge in [0.05, 0.1) is 24.1 Å². The summed E-state index contributed by atoms with van der Waals surface area (Å²) in [6.45, 7) is 3.78. The molecule has 2 heterocycles. The lowest BCUT2D eigenvalue weighted by atomic mass is 10.1. The van der Waals surface area contributed by atoms with Gasteiger partial charge in [-0.25, -0.2) is 9.78 Å². The van der Waals surface area contributed by atoms with E-state index in [4.69, 9.17) is 9.15 Å². The molecule has 0 atom stereocenters. The van der Waals surface area contributed by atoms with E-state index in [9.17, 15) is 9.59 Å². The summed E-state index contributed by atoms with van der Waals surface area (Å²) in [4.78, 5) is 31.4. The van der Waals surface area contributed by atoms with Crippen molar-refractivity contribution in [3.05, 3.63) is 65.4 Å². The minimum atomic E-state index is -0.559. The third-order valence-corrected chi connectivity index (χ3v) is 3.90. The average molecular weight is 353 g/mol. The number of furan rings is 1. The number of hydrogen-bond acceptors (Lipinski definition) is 5. The fourth-order valence-electron chi connectivity index (χ4n) is 2.31. The number of esters is 1. The lowest BCUT2D eigenvalue weighted by Crippen LogP contribution is -2.28. The summed E-state index contributed by atoms with van der Waals surface area (Å²) >= 11 is 0. The van der Waals surface area contributed by atoms with Gasteiger partial charge in [-0.05, 0) is 38.1 Å². The van der Waals surface area contributed by atoms with Crippen LogP contribution in [0.2, 0.25) is 0 Å². The van der Waals surface area contributed by atoms with E-state index >= 15 is 0 Å². The second kappa shape index (κ2) is 7.69. The summed E-state index contributed by atoms with van der Waals surface area (Å²) < 4.78 is 10.1. The molecule has 0 aliphatic heterocycles. The van der Waals surface area contributed by atoms with Gasteiger partial charge in [-0.3, -0.25) is 4.79 Å². The van der Waals surface area contributed by atoms with Crippen molar-refractivity contribution in [3.8, 4) is 11.4 Å². The number of hydrogen-bond donors (Lipinski definition) is 2. The number of aryl methyl sites for hydroxylation is 2. The summed E-state index contributed by atoms with van der Waals surface area (Å²) in [5.74, 6) is 0.422. The summed E-state index contributed by atoms with van der Waals surface area (Å²) in [6, 6.07) is 10.3. The van der Waals surface area contributed by atoms with Gasteiger partial charge in [0.15, 0.2) is 6.61 Å².